The predicted octanol–water partition coefficient (Wildman–Crippen LogP) is 3.34. The van der Waals surface area contributed by atoms with Gasteiger partial charge in [0.1, 0.15) is 10.3 Å². The van der Waals surface area contributed by atoms with Crippen LogP contribution in [0, 0.1) is 5.92 Å². The maximum absolute atomic E-state index is 12.6. The van der Waals surface area contributed by atoms with E-state index in [1.54, 1.807) is 11.3 Å². The summed E-state index contributed by atoms with van der Waals surface area (Å²) >= 11 is 3.72. The quantitative estimate of drug-likeness (QED) is 0.629. The molecule has 21 heavy (non-hydrogen) atoms. The minimum absolute atomic E-state index is 0.222. The molecule has 1 fully saturated rings. The second-order valence-electron chi connectivity index (χ2n) is 6.32. The number of nitrogens with one attached hydrogen (secondary N) is 1. The molecule has 7 heteroatoms. The van der Waals surface area contributed by atoms with Gasteiger partial charge in [0, 0.05) is 26.1 Å². The summed E-state index contributed by atoms with van der Waals surface area (Å²) in [6, 6.07) is 1.98. The Morgan fingerprint density at radius 2 is 2.14 bits per heavy atom. The van der Waals surface area contributed by atoms with Crippen molar-refractivity contribution in [2.75, 3.05) is 6.61 Å². The van der Waals surface area contributed by atoms with Crippen LogP contribution in [0.25, 0.3) is 0 Å². The lowest BCUT2D eigenvalue weighted by Crippen LogP contribution is -2.54. The first-order valence-electron chi connectivity index (χ1n) is 6.75. The van der Waals surface area contributed by atoms with Crippen molar-refractivity contribution in [3.05, 3.63) is 20.8 Å². The average molecular weight is 394 g/mol. The summed E-state index contributed by atoms with van der Waals surface area (Å²) in [7, 11) is 0. The lowest BCUT2D eigenvalue weighted by atomic mass is 9.84. The Morgan fingerprint density at radius 3 is 2.57 bits per heavy atom. The molecule has 2 heterocycles. The van der Waals surface area contributed by atoms with E-state index in [1.807, 2.05) is 39.1 Å². The minimum atomic E-state index is -1.28. The molecule has 2 rings (SSSR count). The third-order valence-electron chi connectivity index (χ3n) is 3.57. The van der Waals surface area contributed by atoms with E-state index in [9.17, 15) is 9.35 Å². The van der Waals surface area contributed by atoms with Crippen molar-refractivity contribution in [3.63, 3.8) is 0 Å². The molecule has 0 saturated carbocycles. The average Bonchev–Trinajstić information content (AvgIpc) is 2.97. The van der Waals surface area contributed by atoms with E-state index in [1.165, 1.54) is 0 Å². The minimum Gasteiger partial charge on any atom is -0.598 e. The molecule has 0 aromatic carbocycles. The smallest absolute Gasteiger partial charge is 0.311 e. The van der Waals surface area contributed by atoms with Crippen LogP contribution in [-0.2, 0) is 26.4 Å². The van der Waals surface area contributed by atoms with Crippen molar-refractivity contribution < 1.29 is 14.1 Å². The van der Waals surface area contributed by atoms with Crippen molar-refractivity contribution in [2.24, 2.45) is 5.92 Å². The summed E-state index contributed by atoms with van der Waals surface area (Å²) in [5.74, 6) is -0.546. The van der Waals surface area contributed by atoms with Gasteiger partial charge in [-0.15, -0.1) is 16.1 Å². The molecule has 0 amide bonds. The van der Waals surface area contributed by atoms with Crippen molar-refractivity contribution in [3.8, 4) is 0 Å². The van der Waals surface area contributed by atoms with Gasteiger partial charge in [0.05, 0.1) is 12.5 Å². The summed E-state index contributed by atoms with van der Waals surface area (Å²) in [4.78, 5) is 13.0. The van der Waals surface area contributed by atoms with Crippen LogP contribution in [0.4, 0.5) is 0 Å². The third kappa shape index (κ3) is 3.64. The summed E-state index contributed by atoms with van der Waals surface area (Å²) < 4.78 is 21.4. The SMILES string of the molecule is CC(C)(C)[S+]([O-])N[C@](C)(c1cc(Br)cs1)C1CCOC1=O. The zero-order chi connectivity index (χ0) is 15.8. The predicted molar refractivity (Wildman–Crippen MR) is 89.5 cm³/mol. The van der Waals surface area contributed by atoms with Gasteiger partial charge in [0.15, 0.2) is 0 Å². The normalized spacial score (nSPS) is 23.7. The van der Waals surface area contributed by atoms with Crippen LogP contribution < -0.4 is 4.72 Å². The zero-order valence-electron chi connectivity index (χ0n) is 12.6. The number of ether oxygens (including phenoxy) is 1. The highest BCUT2D eigenvalue weighted by Crippen LogP contribution is 2.41. The molecule has 4 nitrogen and oxygen atoms in total. The van der Waals surface area contributed by atoms with Crippen molar-refractivity contribution in [1.82, 2.24) is 4.72 Å². The van der Waals surface area contributed by atoms with E-state index < -0.39 is 21.6 Å². The summed E-state index contributed by atoms with van der Waals surface area (Å²) in [5, 5.41) is 1.97. The van der Waals surface area contributed by atoms with E-state index in [-0.39, 0.29) is 11.9 Å². The number of carbonyl (C=O) groups is 1. The fourth-order valence-electron chi connectivity index (χ4n) is 2.24. The number of halogens is 1. The number of esters is 1. The number of hydrogen-bond acceptors (Lipinski definition) is 5. The highest BCUT2D eigenvalue weighted by atomic mass is 79.9. The van der Waals surface area contributed by atoms with Gasteiger partial charge >= 0.3 is 5.97 Å². The molecule has 0 aliphatic carbocycles. The Kier molecular flexibility index (Phi) is 5.10. The summed E-state index contributed by atoms with van der Waals surface area (Å²) in [6.07, 6.45) is 0.638. The Hall–Kier alpha value is -0.0800. The molecule has 1 aliphatic heterocycles. The first-order chi connectivity index (χ1) is 9.64. The van der Waals surface area contributed by atoms with Gasteiger partial charge in [-0.2, -0.15) is 0 Å². The molecule has 1 aliphatic rings. The second-order valence-corrected chi connectivity index (χ2v) is 10.1. The van der Waals surface area contributed by atoms with Crippen LogP contribution >= 0.6 is 27.3 Å². The first-order valence-corrected chi connectivity index (χ1v) is 9.57. The third-order valence-corrected chi connectivity index (χ3v) is 7.22. The topological polar surface area (TPSA) is 61.4 Å². The molecule has 1 aromatic heterocycles. The first kappa shape index (κ1) is 17.3. The maximum atomic E-state index is 12.6. The van der Waals surface area contributed by atoms with E-state index in [0.29, 0.717) is 13.0 Å². The molecule has 0 bridgehead atoms. The second kappa shape index (κ2) is 6.20. The Morgan fingerprint density at radius 1 is 1.48 bits per heavy atom. The van der Waals surface area contributed by atoms with Gasteiger partial charge in [-0.1, -0.05) is 0 Å². The Bertz CT molecular complexity index is 529. The molecular weight excluding hydrogens is 374 g/mol. The Balaban J connectivity index is 2.36. The molecule has 118 valence electrons. The molecule has 0 spiro atoms. The van der Waals surface area contributed by atoms with Crippen LogP contribution in [0.3, 0.4) is 0 Å². The largest absolute Gasteiger partial charge is 0.598 e. The van der Waals surface area contributed by atoms with Crippen LogP contribution in [0.2, 0.25) is 0 Å². The molecule has 1 aromatic rings. The van der Waals surface area contributed by atoms with E-state index in [2.05, 4.69) is 20.7 Å². The molecule has 2 unspecified atom stereocenters. The zero-order valence-corrected chi connectivity index (χ0v) is 15.8. The molecule has 1 saturated heterocycles. The number of carbonyl (C=O) groups excluding carboxylic acids is 1. The van der Waals surface area contributed by atoms with Gasteiger partial charge in [0.2, 0.25) is 0 Å². The number of cyclic esters (lactones) is 1. The fourth-order valence-corrected chi connectivity index (χ4v) is 4.85. The summed E-state index contributed by atoms with van der Waals surface area (Å²) in [5.41, 5.74) is -0.692. The molecule has 0 radical (unpaired) electrons. The summed E-state index contributed by atoms with van der Waals surface area (Å²) in [6.45, 7) is 8.09. The number of thiophene rings is 1. The highest BCUT2D eigenvalue weighted by Gasteiger charge is 2.49. The van der Waals surface area contributed by atoms with Gasteiger partial charge in [-0.05, 0) is 56.1 Å². The van der Waals surface area contributed by atoms with Crippen LogP contribution in [-0.4, -0.2) is 21.9 Å². The number of hydrogen-bond donors (Lipinski definition) is 1. The maximum Gasteiger partial charge on any atom is 0.311 e. The molecule has 3 atom stereocenters. The molecular formula is C14H20BrNO3S2. The lowest BCUT2D eigenvalue weighted by Gasteiger charge is -2.36. The van der Waals surface area contributed by atoms with Gasteiger partial charge < -0.3 is 9.29 Å². The van der Waals surface area contributed by atoms with Crippen LogP contribution in [0.1, 0.15) is 39.0 Å². The standard InChI is InChI=1S/C14H20BrNO3S2/c1-13(2,3)21(18)16-14(4,10-5-6-19-12(10)17)11-7-9(15)8-20-11/h7-8,10,16H,5-6H2,1-4H3/t10?,14-,21?/m0/s1. The highest BCUT2D eigenvalue weighted by molar-refractivity contribution is 9.10. The van der Waals surface area contributed by atoms with Crippen molar-refractivity contribution >= 4 is 44.6 Å². The van der Waals surface area contributed by atoms with Gasteiger partial charge in [0.25, 0.3) is 0 Å². The Labute approximate surface area is 141 Å². The van der Waals surface area contributed by atoms with Crippen molar-refractivity contribution in [2.45, 2.75) is 44.4 Å². The monoisotopic (exact) mass is 393 g/mol. The van der Waals surface area contributed by atoms with Gasteiger partial charge in [-0.3, -0.25) is 4.79 Å². The van der Waals surface area contributed by atoms with E-state index in [0.717, 1.165) is 9.35 Å². The lowest BCUT2D eigenvalue weighted by molar-refractivity contribution is -0.143. The van der Waals surface area contributed by atoms with Crippen LogP contribution in [0.15, 0.2) is 15.9 Å². The van der Waals surface area contributed by atoms with E-state index in [4.69, 9.17) is 4.74 Å². The van der Waals surface area contributed by atoms with E-state index >= 15 is 0 Å². The van der Waals surface area contributed by atoms with Gasteiger partial charge in [-0.25, -0.2) is 0 Å². The molecule has 1 N–H and O–H groups in total. The fraction of sp³-hybridized carbons (Fsp3) is 0.643. The van der Waals surface area contributed by atoms with Crippen LogP contribution in [0.5, 0.6) is 0 Å². The number of rotatable bonds is 4. The van der Waals surface area contributed by atoms with Crippen molar-refractivity contribution in [1.29, 1.82) is 0 Å².